The Kier molecular flexibility index (Phi) is 3.56. The van der Waals surface area contributed by atoms with Gasteiger partial charge in [-0.1, -0.05) is 0 Å². The van der Waals surface area contributed by atoms with Crippen molar-refractivity contribution in [3.05, 3.63) is 35.0 Å². The minimum atomic E-state index is 0.341. The van der Waals surface area contributed by atoms with E-state index in [2.05, 4.69) is 23.4 Å². The highest BCUT2D eigenvalue weighted by atomic mass is 15.3. The molecule has 0 bridgehead atoms. The maximum atomic E-state index is 5.94. The van der Waals surface area contributed by atoms with Gasteiger partial charge in [-0.05, 0) is 32.6 Å². The van der Waals surface area contributed by atoms with Gasteiger partial charge in [-0.3, -0.25) is 4.68 Å². The van der Waals surface area contributed by atoms with Crippen molar-refractivity contribution in [1.29, 1.82) is 0 Å². The fourth-order valence-corrected chi connectivity index (χ4v) is 3.12. The van der Waals surface area contributed by atoms with Gasteiger partial charge in [0.15, 0.2) is 0 Å². The molecule has 2 aromatic heterocycles. The van der Waals surface area contributed by atoms with Crippen LogP contribution in [0.5, 0.6) is 0 Å². The molecule has 0 atom stereocenters. The molecule has 2 aromatic rings. The SMILES string of the molecule is Cc1c(CNc2cc(C3CC(N)C3)nc(C3CC3)n2)cnn1C. The van der Waals surface area contributed by atoms with Crippen LogP contribution in [-0.2, 0) is 13.6 Å². The highest BCUT2D eigenvalue weighted by Gasteiger charge is 2.32. The van der Waals surface area contributed by atoms with E-state index in [9.17, 15) is 0 Å². The van der Waals surface area contributed by atoms with Gasteiger partial charge in [-0.15, -0.1) is 0 Å². The Morgan fingerprint density at radius 2 is 2.04 bits per heavy atom. The van der Waals surface area contributed by atoms with E-state index in [0.717, 1.165) is 36.7 Å². The van der Waals surface area contributed by atoms with Crippen molar-refractivity contribution in [3.63, 3.8) is 0 Å². The van der Waals surface area contributed by atoms with Crippen LogP contribution in [0.3, 0.4) is 0 Å². The molecule has 23 heavy (non-hydrogen) atoms. The van der Waals surface area contributed by atoms with E-state index in [1.807, 2.05) is 17.9 Å². The average Bonchev–Trinajstić information content (AvgIpc) is 3.31. The van der Waals surface area contributed by atoms with E-state index in [-0.39, 0.29) is 0 Å². The summed E-state index contributed by atoms with van der Waals surface area (Å²) in [5.41, 5.74) is 9.48. The normalized spacial score (nSPS) is 23.6. The number of aryl methyl sites for hydroxylation is 1. The molecule has 0 amide bonds. The summed E-state index contributed by atoms with van der Waals surface area (Å²) in [5, 5.41) is 7.75. The average molecular weight is 312 g/mol. The van der Waals surface area contributed by atoms with Crippen LogP contribution in [-0.4, -0.2) is 25.8 Å². The molecule has 2 saturated carbocycles. The van der Waals surface area contributed by atoms with Crippen LogP contribution in [0.4, 0.5) is 5.82 Å². The smallest absolute Gasteiger partial charge is 0.134 e. The minimum Gasteiger partial charge on any atom is -0.366 e. The Hall–Kier alpha value is -1.95. The van der Waals surface area contributed by atoms with Crippen molar-refractivity contribution in [3.8, 4) is 0 Å². The van der Waals surface area contributed by atoms with Crippen molar-refractivity contribution < 1.29 is 0 Å². The Morgan fingerprint density at radius 3 is 2.65 bits per heavy atom. The van der Waals surface area contributed by atoms with E-state index in [1.54, 1.807) is 0 Å². The lowest BCUT2D eigenvalue weighted by Crippen LogP contribution is -2.35. The molecule has 6 heteroatoms. The van der Waals surface area contributed by atoms with Gasteiger partial charge in [0, 0.05) is 54.5 Å². The fraction of sp³-hybridized carbons (Fsp3) is 0.588. The van der Waals surface area contributed by atoms with Crippen LogP contribution >= 0.6 is 0 Å². The number of hydrogen-bond acceptors (Lipinski definition) is 5. The summed E-state index contributed by atoms with van der Waals surface area (Å²) in [7, 11) is 1.96. The molecule has 2 aliphatic rings. The zero-order valence-electron chi connectivity index (χ0n) is 13.8. The maximum absolute atomic E-state index is 5.94. The molecular weight excluding hydrogens is 288 g/mol. The predicted molar refractivity (Wildman–Crippen MR) is 89.2 cm³/mol. The van der Waals surface area contributed by atoms with Gasteiger partial charge < -0.3 is 11.1 Å². The molecule has 0 radical (unpaired) electrons. The number of nitrogens with two attached hydrogens (primary N) is 1. The second-order valence-corrected chi connectivity index (χ2v) is 6.97. The van der Waals surface area contributed by atoms with Crippen molar-refractivity contribution in [2.75, 3.05) is 5.32 Å². The molecule has 4 rings (SSSR count). The van der Waals surface area contributed by atoms with Gasteiger partial charge >= 0.3 is 0 Å². The van der Waals surface area contributed by atoms with Gasteiger partial charge in [0.25, 0.3) is 0 Å². The number of anilines is 1. The molecule has 0 unspecified atom stereocenters. The number of nitrogens with zero attached hydrogens (tertiary/aromatic N) is 4. The lowest BCUT2D eigenvalue weighted by Gasteiger charge is -2.32. The molecule has 122 valence electrons. The summed E-state index contributed by atoms with van der Waals surface area (Å²) in [4.78, 5) is 9.53. The molecule has 0 aromatic carbocycles. The summed E-state index contributed by atoms with van der Waals surface area (Å²) >= 11 is 0. The summed E-state index contributed by atoms with van der Waals surface area (Å²) in [6, 6.07) is 2.45. The quantitative estimate of drug-likeness (QED) is 0.884. The van der Waals surface area contributed by atoms with Crippen LogP contribution in [0.25, 0.3) is 0 Å². The van der Waals surface area contributed by atoms with Gasteiger partial charge in [0.2, 0.25) is 0 Å². The van der Waals surface area contributed by atoms with E-state index in [4.69, 9.17) is 15.7 Å². The van der Waals surface area contributed by atoms with Crippen LogP contribution in [0.2, 0.25) is 0 Å². The van der Waals surface area contributed by atoms with Crippen molar-refractivity contribution in [1.82, 2.24) is 19.7 Å². The molecule has 2 fully saturated rings. The third kappa shape index (κ3) is 2.95. The van der Waals surface area contributed by atoms with Gasteiger partial charge in [-0.2, -0.15) is 5.10 Å². The lowest BCUT2D eigenvalue weighted by molar-refractivity contribution is 0.344. The minimum absolute atomic E-state index is 0.341. The van der Waals surface area contributed by atoms with E-state index in [0.29, 0.717) is 17.9 Å². The summed E-state index contributed by atoms with van der Waals surface area (Å²) < 4.78 is 1.90. The summed E-state index contributed by atoms with van der Waals surface area (Å²) in [6.45, 7) is 2.82. The first kappa shape index (κ1) is 14.6. The third-order valence-electron chi connectivity index (χ3n) is 5.10. The molecular formula is C17H24N6. The Bertz CT molecular complexity index is 712. The van der Waals surface area contributed by atoms with E-state index < -0.39 is 0 Å². The predicted octanol–water partition coefficient (Wildman–Crippen LogP) is 2.21. The molecule has 0 saturated heterocycles. The van der Waals surface area contributed by atoms with Gasteiger partial charge in [0.1, 0.15) is 11.6 Å². The zero-order valence-corrected chi connectivity index (χ0v) is 13.8. The van der Waals surface area contributed by atoms with Crippen LogP contribution in [0, 0.1) is 6.92 Å². The van der Waals surface area contributed by atoms with Crippen molar-refractivity contribution >= 4 is 5.82 Å². The standard InChI is InChI=1S/C17H24N6/c1-10-13(9-20-23(10)2)8-19-16-7-15(12-5-14(18)6-12)21-17(22-16)11-3-4-11/h7,9,11-12,14H,3-6,8,18H2,1-2H3,(H,19,21,22). The Labute approximate surface area is 136 Å². The van der Waals surface area contributed by atoms with Crippen LogP contribution in [0.1, 0.15) is 60.3 Å². The summed E-state index contributed by atoms with van der Waals surface area (Å²) in [5.74, 6) is 3.00. The monoisotopic (exact) mass is 312 g/mol. The van der Waals surface area contributed by atoms with Crippen LogP contribution in [0.15, 0.2) is 12.3 Å². The second-order valence-electron chi connectivity index (χ2n) is 6.97. The molecule has 2 aliphatic carbocycles. The van der Waals surface area contributed by atoms with Crippen LogP contribution < -0.4 is 11.1 Å². The first-order chi connectivity index (χ1) is 11.1. The first-order valence-electron chi connectivity index (χ1n) is 8.46. The number of hydrogen-bond donors (Lipinski definition) is 2. The van der Waals surface area contributed by atoms with E-state index >= 15 is 0 Å². The second kappa shape index (κ2) is 5.60. The molecule has 0 aliphatic heterocycles. The summed E-state index contributed by atoms with van der Waals surface area (Å²) in [6.07, 6.45) is 6.44. The fourth-order valence-electron chi connectivity index (χ4n) is 3.12. The van der Waals surface area contributed by atoms with Crippen molar-refractivity contribution in [2.45, 2.75) is 57.0 Å². The number of nitrogens with one attached hydrogen (secondary N) is 1. The third-order valence-corrected chi connectivity index (χ3v) is 5.10. The highest BCUT2D eigenvalue weighted by molar-refractivity contribution is 5.40. The van der Waals surface area contributed by atoms with Gasteiger partial charge in [0.05, 0.1) is 6.20 Å². The van der Waals surface area contributed by atoms with Crippen molar-refractivity contribution in [2.24, 2.45) is 12.8 Å². The lowest BCUT2D eigenvalue weighted by atomic mass is 9.78. The Morgan fingerprint density at radius 1 is 1.26 bits per heavy atom. The maximum Gasteiger partial charge on any atom is 0.134 e. The molecule has 2 heterocycles. The number of rotatable bonds is 5. The number of aromatic nitrogens is 4. The first-order valence-corrected chi connectivity index (χ1v) is 8.46. The molecule has 3 N–H and O–H groups in total. The van der Waals surface area contributed by atoms with E-state index in [1.165, 1.54) is 24.1 Å². The zero-order chi connectivity index (χ0) is 16.0. The molecule has 0 spiro atoms. The molecule has 6 nitrogen and oxygen atoms in total. The highest BCUT2D eigenvalue weighted by Crippen LogP contribution is 2.41. The Balaban J connectivity index is 1.53. The topological polar surface area (TPSA) is 81.7 Å². The largest absolute Gasteiger partial charge is 0.366 e. The van der Waals surface area contributed by atoms with Gasteiger partial charge in [-0.25, -0.2) is 9.97 Å².